The predicted molar refractivity (Wildman–Crippen MR) is 65.7 cm³/mol. The lowest BCUT2D eigenvalue weighted by Gasteiger charge is -2.15. The molecule has 0 aliphatic heterocycles. The van der Waals surface area contributed by atoms with Gasteiger partial charge in [0.25, 0.3) is 5.91 Å². The Morgan fingerprint density at radius 3 is 2.61 bits per heavy atom. The lowest BCUT2D eigenvalue weighted by molar-refractivity contribution is 0.0775. The minimum absolute atomic E-state index is 0.101. The largest absolute Gasteiger partial charge is 0.467 e. The molecule has 0 aliphatic carbocycles. The number of rotatable bonds is 3. The molecule has 1 heterocycles. The van der Waals surface area contributed by atoms with Gasteiger partial charge < -0.3 is 9.32 Å². The average Bonchev–Trinajstić information content (AvgIpc) is 2.91. The molecule has 0 fully saturated rings. The zero-order valence-electron chi connectivity index (χ0n) is 9.96. The lowest BCUT2D eigenvalue weighted by Crippen LogP contribution is -2.25. The molecule has 1 amide bonds. The number of nitriles is 1. The molecule has 4 heteroatoms. The van der Waals surface area contributed by atoms with Gasteiger partial charge in [-0.3, -0.25) is 4.79 Å². The van der Waals surface area contributed by atoms with E-state index in [1.807, 2.05) is 12.1 Å². The summed E-state index contributed by atoms with van der Waals surface area (Å²) >= 11 is 0. The molecule has 0 aliphatic rings. The molecule has 0 atom stereocenters. The first-order valence-electron chi connectivity index (χ1n) is 5.48. The number of hydrogen-bond acceptors (Lipinski definition) is 3. The number of amides is 1. The molecule has 0 spiro atoms. The highest BCUT2D eigenvalue weighted by Crippen LogP contribution is 2.09. The zero-order chi connectivity index (χ0) is 13.0. The van der Waals surface area contributed by atoms with Crippen molar-refractivity contribution in [2.24, 2.45) is 0 Å². The third kappa shape index (κ3) is 2.58. The summed E-state index contributed by atoms with van der Waals surface area (Å²) < 4.78 is 5.19. The Morgan fingerprint density at radius 1 is 1.33 bits per heavy atom. The highest BCUT2D eigenvalue weighted by Gasteiger charge is 2.12. The first kappa shape index (κ1) is 11.9. The SMILES string of the molecule is CN(Cc1ccco1)C(=O)c1ccc(C#N)cc1. The van der Waals surface area contributed by atoms with Crippen LogP contribution in [0.5, 0.6) is 0 Å². The van der Waals surface area contributed by atoms with Crippen molar-refractivity contribution in [3.63, 3.8) is 0 Å². The van der Waals surface area contributed by atoms with Crippen LogP contribution in [0.3, 0.4) is 0 Å². The van der Waals surface area contributed by atoms with Crippen molar-refractivity contribution in [1.29, 1.82) is 5.26 Å². The van der Waals surface area contributed by atoms with Crippen LogP contribution in [0.1, 0.15) is 21.7 Å². The fourth-order valence-corrected chi connectivity index (χ4v) is 1.62. The lowest BCUT2D eigenvalue weighted by atomic mass is 10.1. The molecule has 0 saturated carbocycles. The summed E-state index contributed by atoms with van der Waals surface area (Å²) in [5.41, 5.74) is 1.10. The summed E-state index contributed by atoms with van der Waals surface area (Å²) in [6.07, 6.45) is 1.58. The summed E-state index contributed by atoms with van der Waals surface area (Å²) in [4.78, 5) is 13.6. The van der Waals surface area contributed by atoms with E-state index in [4.69, 9.17) is 9.68 Å². The molecule has 4 nitrogen and oxygen atoms in total. The number of carbonyl (C=O) groups is 1. The maximum Gasteiger partial charge on any atom is 0.254 e. The Bertz CT molecular complexity index is 565. The van der Waals surface area contributed by atoms with Gasteiger partial charge in [-0.05, 0) is 36.4 Å². The molecule has 0 N–H and O–H groups in total. The quantitative estimate of drug-likeness (QED) is 0.827. The molecule has 0 bridgehead atoms. The van der Waals surface area contributed by atoms with E-state index in [2.05, 4.69) is 0 Å². The number of hydrogen-bond donors (Lipinski definition) is 0. The summed E-state index contributed by atoms with van der Waals surface area (Å²) in [5.74, 6) is 0.635. The van der Waals surface area contributed by atoms with Crippen molar-refractivity contribution >= 4 is 5.91 Å². The van der Waals surface area contributed by atoms with Crippen molar-refractivity contribution in [2.45, 2.75) is 6.54 Å². The maximum absolute atomic E-state index is 12.1. The van der Waals surface area contributed by atoms with Crippen LogP contribution in [0.25, 0.3) is 0 Å². The molecular weight excluding hydrogens is 228 g/mol. The van der Waals surface area contributed by atoms with Gasteiger partial charge in [0.05, 0.1) is 24.4 Å². The van der Waals surface area contributed by atoms with E-state index in [1.165, 1.54) is 0 Å². The van der Waals surface area contributed by atoms with Gasteiger partial charge in [-0.2, -0.15) is 5.26 Å². The van der Waals surface area contributed by atoms with E-state index in [9.17, 15) is 4.79 Å². The highest BCUT2D eigenvalue weighted by molar-refractivity contribution is 5.94. The van der Waals surface area contributed by atoms with Gasteiger partial charge in [0.2, 0.25) is 0 Å². The van der Waals surface area contributed by atoms with Gasteiger partial charge in [0.15, 0.2) is 0 Å². The Balaban J connectivity index is 2.08. The van der Waals surface area contributed by atoms with E-state index in [-0.39, 0.29) is 5.91 Å². The van der Waals surface area contributed by atoms with Gasteiger partial charge in [0, 0.05) is 12.6 Å². The van der Waals surface area contributed by atoms with Crippen molar-refractivity contribution in [2.75, 3.05) is 7.05 Å². The van der Waals surface area contributed by atoms with Crippen molar-refractivity contribution < 1.29 is 9.21 Å². The molecular formula is C14H12N2O2. The van der Waals surface area contributed by atoms with Crippen LogP contribution < -0.4 is 0 Å². The molecule has 1 aromatic carbocycles. The Kier molecular flexibility index (Phi) is 3.44. The Hall–Kier alpha value is -2.54. The standard InChI is InChI=1S/C14H12N2O2/c1-16(10-13-3-2-8-18-13)14(17)12-6-4-11(9-15)5-7-12/h2-8H,10H2,1H3. The van der Waals surface area contributed by atoms with Crippen molar-refractivity contribution in [3.8, 4) is 6.07 Å². The second-order valence-electron chi connectivity index (χ2n) is 3.93. The van der Waals surface area contributed by atoms with Crippen LogP contribution >= 0.6 is 0 Å². The minimum atomic E-state index is -0.101. The number of benzene rings is 1. The van der Waals surface area contributed by atoms with Crippen LogP contribution in [-0.4, -0.2) is 17.9 Å². The smallest absolute Gasteiger partial charge is 0.254 e. The highest BCUT2D eigenvalue weighted by atomic mass is 16.3. The normalized spacial score (nSPS) is 9.78. The zero-order valence-corrected chi connectivity index (χ0v) is 9.96. The first-order valence-corrected chi connectivity index (χ1v) is 5.48. The van der Waals surface area contributed by atoms with Crippen LogP contribution in [0.2, 0.25) is 0 Å². The van der Waals surface area contributed by atoms with Crippen LogP contribution in [0.15, 0.2) is 47.1 Å². The number of nitrogens with zero attached hydrogens (tertiary/aromatic N) is 2. The van der Waals surface area contributed by atoms with E-state index in [0.29, 0.717) is 17.7 Å². The predicted octanol–water partition coefficient (Wildman–Crippen LogP) is 2.42. The molecule has 2 aromatic rings. The van der Waals surface area contributed by atoms with Gasteiger partial charge >= 0.3 is 0 Å². The van der Waals surface area contributed by atoms with E-state index >= 15 is 0 Å². The van der Waals surface area contributed by atoms with Crippen molar-refractivity contribution in [1.82, 2.24) is 4.90 Å². The molecule has 0 unspecified atom stereocenters. The monoisotopic (exact) mass is 240 g/mol. The van der Waals surface area contributed by atoms with Gasteiger partial charge in [-0.25, -0.2) is 0 Å². The summed E-state index contributed by atoms with van der Waals surface area (Å²) in [6.45, 7) is 0.422. The summed E-state index contributed by atoms with van der Waals surface area (Å²) in [6, 6.07) is 12.2. The Morgan fingerprint density at radius 2 is 2.06 bits per heavy atom. The molecule has 90 valence electrons. The van der Waals surface area contributed by atoms with Crippen LogP contribution in [-0.2, 0) is 6.54 Å². The van der Waals surface area contributed by atoms with Crippen LogP contribution in [0, 0.1) is 11.3 Å². The summed E-state index contributed by atoms with van der Waals surface area (Å²) in [5, 5.41) is 8.69. The molecule has 2 rings (SSSR count). The third-order valence-corrected chi connectivity index (χ3v) is 2.58. The van der Waals surface area contributed by atoms with E-state index in [0.717, 1.165) is 5.76 Å². The van der Waals surface area contributed by atoms with Gasteiger partial charge in [-0.1, -0.05) is 0 Å². The molecule has 18 heavy (non-hydrogen) atoms. The van der Waals surface area contributed by atoms with Gasteiger partial charge in [-0.15, -0.1) is 0 Å². The van der Waals surface area contributed by atoms with E-state index in [1.54, 1.807) is 48.5 Å². The summed E-state index contributed by atoms with van der Waals surface area (Å²) in [7, 11) is 1.71. The minimum Gasteiger partial charge on any atom is -0.467 e. The van der Waals surface area contributed by atoms with E-state index < -0.39 is 0 Å². The number of furan rings is 1. The first-order chi connectivity index (χ1) is 8.70. The number of carbonyl (C=O) groups excluding carboxylic acids is 1. The fraction of sp³-hybridized carbons (Fsp3) is 0.143. The topological polar surface area (TPSA) is 57.2 Å². The van der Waals surface area contributed by atoms with Crippen LogP contribution in [0.4, 0.5) is 0 Å². The molecule has 0 saturated heterocycles. The average molecular weight is 240 g/mol. The fourth-order valence-electron chi connectivity index (χ4n) is 1.62. The Labute approximate surface area is 105 Å². The van der Waals surface area contributed by atoms with Gasteiger partial charge in [0.1, 0.15) is 5.76 Å². The molecule has 0 radical (unpaired) electrons. The third-order valence-electron chi connectivity index (χ3n) is 2.58. The second-order valence-corrected chi connectivity index (χ2v) is 3.93. The van der Waals surface area contributed by atoms with Crippen molar-refractivity contribution in [3.05, 3.63) is 59.5 Å². The maximum atomic E-state index is 12.1. The molecule has 1 aromatic heterocycles. The second kappa shape index (κ2) is 5.19.